The van der Waals surface area contributed by atoms with E-state index in [1.165, 1.54) is 12.2 Å². The van der Waals surface area contributed by atoms with Crippen LogP contribution >= 0.6 is 0 Å². The molecule has 232 valence electrons. The van der Waals surface area contributed by atoms with E-state index in [2.05, 4.69) is 5.32 Å². The molecular weight excluding hydrogens is 582 g/mol. The van der Waals surface area contributed by atoms with Crippen molar-refractivity contribution in [2.24, 2.45) is 5.92 Å². The van der Waals surface area contributed by atoms with Crippen molar-refractivity contribution in [3.8, 4) is 11.1 Å². The van der Waals surface area contributed by atoms with E-state index in [0.717, 1.165) is 27.8 Å². The summed E-state index contributed by atoms with van der Waals surface area (Å²) in [5.41, 5.74) is 5.22. The maximum atomic E-state index is 13.1. The lowest BCUT2D eigenvalue weighted by Gasteiger charge is -2.23. The molecule has 1 unspecified atom stereocenters. The average Bonchev–Trinajstić information content (AvgIpc) is 3.30. The molecule has 1 amide bonds. The average molecular weight is 620 g/mol. The van der Waals surface area contributed by atoms with Gasteiger partial charge in [-0.15, -0.1) is 0 Å². The summed E-state index contributed by atoms with van der Waals surface area (Å²) in [5.74, 6) is -2.77. The number of sulfone groups is 1. The van der Waals surface area contributed by atoms with Crippen LogP contribution in [0.5, 0.6) is 0 Å². The second-order valence-electron chi connectivity index (χ2n) is 11.1. The minimum atomic E-state index is -3.54. The van der Waals surface area contributed by atoms with Crippen LogP contribution in [0.3, 0.4) is 0 Å². The molecule has 44 heavy (non-hydrogen) atoms. The zero-order chi connectivity index (χ0) is 31.9. The van der Waals surface area contributed by atoms with Gasteiger partial charge in [-0.1, -0.05) is 86.2 Å². The molecule has 2 N–H and O–H groups in total. The van der Waals surface area contributed by atoms with Crippen LogP contribution in [-0.4, -0.2) is 56.1 Å². The lowest BCUT2D eigenvalue weighted by atomic mass is 9.98. The Kier molecular flexibility index (Phi) is 10.6. The molecule has 0 radical (unpaired) electrons. The number of carboxylic acids is 1. The van der Waals surface area contributed by atoms with Crippen LogP contribution in [0.4, 0.5) is 4.79 Å². The summed E-state index contributed by atoms with van der Waals surface area (Å²) in [5, 5.41) is 11.9. The summed E-state index contributed by atoms with van der Waals surface area (Å²) in [6, 6.07) is 21.3. The van der Waals surface area contributed by atoms with E-state index < -0.39 is 52.4 Å². The van der Waals surface area contributed by atoms with Crippen molar-refractivity contribution in [2.75, 3.05) is 12.4 Å². The molecule has 9 nitrogen and oxygen atoms in total. The predicted molar refractivity (Wildman–Crippen MR) is 166 cm³/mol. The van der Waals surface area contributed by atoms with Gasteiger partial charge in [0, 0.05) is 5.92 Å². The van der Waals surface area contributed by atoms with Gasteiger partial charge in [0.1, 0.15) is 18.8 Å². The number of ether oxygens (including phenoxy) is 2. The Bertz CT molecular complexity index is 1580. The minimum absolute atomic E-state index is 0.0651. The smallest absolute Gasteiger partial charge is 0.407 e. The number of allylic oxidation sites excluding steroid dienone is 1. The van der Waals surface area contributed by atoms with Crippen molar-refractivity contribution in [1.82, 2.24) is 5.32 Å². The van der Waals surface area contributed by atoms with Gasteiger partial charge in [-0.2, -0.15) is 0 Å². The van der Waals surface area contributed by atoms with Gasteiger partial charge in [0.15, 0.2) is 9.84 Å². The topological polar surface area (TPSA) is 136 Å². The van der Waals surface area contributed by atoms with Gasteiger partial charge in [-0.25, -0.2) is 18.0 Å². The number of amides is 1. The van der Waals surface area contributed by atoms with Gasteiger partial charge < -0.3 is 19.9 Å². The molecule has 1 aliphatic carbocycles. The molecule has 0 aliphatic heterocycles. The van der Waals surface area contributed by atoms with Crippen LogP contribution < -0.4 is 5.32 Å². The maximum absolute atomic E-state index is 13.1. The lowest BCUT2D eigenvalue weighted by Crippen LogP contribution is -2.46. The standard InChI is InChI=1S/C34H37NO8S/c1-22(2)32(35-34(39)42-21-30-28-13-6-4-11-26(28)27-12-5-7-14-29(27)30)33(38)43-24(20-31(36)37)10-8-9-19-44(40,41)25-17-15-23(3)16-18-25/h4-8,10-18,22,24,30,32H,9,19-21H2,1-3H3,(H,35,39)(H,36,37)/b10-8+/t24?,32-/m0/s1. The monoisotopic (exact) mass is 619 g/mol. The fourth-order valence-corrected chi connectivity index (χ4v) is 6.38. The highest BCUT2D eigenvalue weighted by molar-refractivity contribution is 7.91. The Morgan fingerprint density at radius 2 is 1.52 bits per heavy atom. The van der Waals surface area contributed by atoms with Crippen molar-refractivity contribution in [2.45, 2.75) is 56.6 Å². The molecule has 3 aromatic rings. The first-order valence-electron chi connectivity index (χ1n) is 14.5. The largest absolute Gasteiger partial charge is 0.481 e. The number of aliphatic carboxylic acids is 1. The van der Waals surface area contributed by atoms with E-state index in [-0.39, 0.29) is 29.6 Å². The van der Waals surface area contributed by atoms with E-state index in [0.29, 0.717) is 0 Å². The number of hydrogen-bond donors (Lipinski definition) is 2. The van der Waals surface area contributed by atoms with Crippen LogP contribution in [0.2, 0.25) is 0 Å². The number of alkyl carbamates (subject to hydrolysis) is 1. The van der Waals surface area contributed by atoms with Gasteiger partial charge in [0.25, 0.3) is 0 Å². The van der Waals surface area contributed by atoms with Gasteiger partial charge in [0.05, 0.1) is 17.1 Å². The van der Waals surface area contributed by atoms with Gasteiger partial charge in [-0.05, 0) is 59.7 Å². The SMILES string of the molecule is Cc1ccc(S(=O)(=O)CC/C=C/C(CC(=O)O)OC(=O)[C@@H](NC(=O)OCC2c3ccccc3-c3ccccc32)C(C)C)cc1. The molecule has 0 saturated carbocycles. The third-order valence-electron chi connectivity index (χ3n) is 7.47. The van der Waals surface area contributed by atoms with E-state index in [1.807, 2.05) is 55.5 Å². The number of carboxylic acid groups (broad SMARTS) is 1. The zero-order valence-corrected chi connectivity index (χ0v) is 25.8. The summed E-state index contributed by atoms with van der Waals surface area (Å²) in [6.07, 6.45) is 0.456. The van der Waals surface area contributed by atoms with E-state index in [4.69, 9.17) is 9.47 Å². The van der Waals surface area contributed by atoms with E-state index in [9.17, 15) is 27.9 Å². The number of carbonyl (C=O) groups is 3. The first-order chi connectivity index (χ1) is 21.0. The minimum Gasteiger partial charge on any atom is -0.481 e. The van der Waals surface area contributed by atoms with Crippen LogP contribution in [-0.2, 0) is 28.9 Å². The summed E-state index contributed by atoms with van der Waals surface area (Å²) in [7, 11) is -3.54. The van der Waals surface area contributed by atoms with Gasteiger partial charge >= 0.3 is 18.0 Å². The first-order valence-corrected chi connectivity index (χ1v) is 16.1. The molecule has 0 bridgehead atoms. The van der Waals surface area contributed by atoms with E-state index in [1.54, 1.807) is 38.1 Å². The fraction of sp³-hybridized carbons (Fsp3) is 0.324. The molecule has 2 atom stereocenters. The molecule has 1 aliphatic rings. The second-order valence-corrected chi connectivity index (χ2v) is 13.2. The van der Waals surface area contributed by atoms with Crippen molar-refractivity contribution >= 4 is 27.9 Å². The van der Waals surface area contributed by atoms with Crippen LogP contribution in [0.25, 0.3) is 11.1 Å². The Morgan fingerprint density at radius 3 is 2.09 bits per heavy atom. The molecular formula is C34H37NO8S. The van der Waals surface area contributed by atoms with Gasteiger partial charge in [0.2, 0.25) is 0 Å². The highest BCUT2D eigenvalue weighted by Gasteiger charge is 2.31. The molecule has 0 fully saturated rings. The Labute approximate surface area is 257 Å². The molecule has 0 aromatic heterocycles. The highest BCUT2D eigenvalue weighted by atomic mass is 32.2. The fourth-order valence-electron chi connectivity index (χ4n) is 5.14. The Balaban J connectivity index is 1.35. The predicted octanol–water partition coefficient (Wildman–Crippen LogP) is 5.66. The zero-order valence-electron chi connectivity index (χ0n) is 24.9. The second kappa shape index (κ2) is 14.4. The third-order valence-corrected chi connectivity index (χ3v) is 9.23. The number of aryl methyl sites for hydroxylation is 1. The summed E-state index contributed by atoms with van der Waals surface area (Å²) in [6.45, 7) is 5.36. The summed E-state index contributed by atoms with van der Waals surface area (Å²) in [4.78, 5) is 37.6. The Morgan fingerprint density at radius 1 is 0.932 bits per heavy atom. The number of fused-ring (bicyclic) bond motifs is 3. The van der Waals surface area contributed by atoms with Crippen molar-refractivity contribution in [3.05, 3.63) is 102 Å². The molecule has 4 rings (SSSR count). The number of esters is 1. The van der Waals surface area contributed by atoms with Crippen LogP contribution in [0.1, 0.15) is 49.3 Å². The number of carbonyl (C=O) groups excluding carboxylic acids is 2. The number of hydrogen-bond acceptors (Lipinski definition) is 7. The molecule has 0 spiro atoms. The maximum Gasteiger partial charge on any atom is 0.407 e. The normalized spacial score (nSPS) is 14.1. The molecule has 10 heteroatoms. The van der Waals surface area contributed by atoms with Crippen molar-refractivity contribution < 1.29 is 37.4 Å². The Hall–Kier alpha value is -4.44. The lowest BCUT2D eigenvalue weighted by molar-refractivity contribution is -0.153. The quantitative estimate of drug-likeness (QED) is 0.185. The molecule has 3 aromatic carbocycles. The van der Waals surface area contributed by atoms with Gasteiger partial charge in [-0.3, -0.25) is 4.79 Å². The summed E-state index contributed by atoms with van der Waals surface area (Å²) < 4.78 is 36.2. The van der Waals surface area contributed by atoms with Crippen molar-refractivity contribution in [1.29, 1.82) is 0 Å². The number of benzene rings is 3. The van der Waals surface area contributed by atoms with Crippen LogP contribution in [0.15, 0.2) is 89.8 Å². The number of rotatable bonds is 13. The number of nitrogens with one attached hydrogen (secondary N) is 1. The molecule has 0 heterocycles. The summed E-state index contributed by atoms with van der Waals surface area (Å²) >= 11 is 0. The van der Waals surface area contributed by atoms with Crippen molar-refractivity contribution in [3.63, 3.8) is 0 Å². The third kappa shape index (κ3) is 8.13. The van der Waals surface area contributed by atoms with Crippen LogP contribution in [0, 0.1) is 12.8 Å². The molecule has 0 saturated heterocycles. The first kappa shape index (κ1) is 32.5. The van der Waals surface area contributed by atoms with E-state index >= 15 is 0 Å². The highest BCUT2D eigenvalue weighted by Crippen LogP contribution is 2.44.